The summed E-state index contributed by atoms with van der Waals surface area (Å²) >= 11 is 0. The van der Waals surface area contributed by atoms with Gasteiger partial charge in [0, 0.05) is 27.9 Å². The third-order valence-electron chi connectivity index (χ3n) is 4.42. The number of rotatable bonds is 6. The molecule has 1 atom stereocenters. The minimum Gasteiger partial charge on any atom is -0.488 e. The highest BCUT2D eigenvalue weighted by molar-refractivity contribution is 7.93. The van der Waals surface area contributed by atoms with Crippen molar-refractivity contribution in [1.29, 1.82) is 4.78 Å². The largest absolute Gasteiger partial charge is 0.488 e. The average molecular weight is 369 g/mol. The van der Waals surface area contributed by atoms with Crippen molar-refractivity contribution in [3.63, 3.8) is 0 Å². The van der Waals surface area contributed by atoms with E-state index in [0.29, 0.717) is 28.6 Å². The minimum absolute atomic E-state index is 0.00257. The lowest BCUT2D eigenvalue weighted by molar-refractivity contribution is 0.309. The predicted octanol–water partition coefficient (Wildman–Crippen LogP) is 3.79. The Kier molecular flexibility index (Phi) is 4.24. The highest BCUT2D eigenvalue weighted by Crippen LogP contribution is 2.34. The first-order chi connectivity index (χ1) is 12.6. The first-order valence-corrected chi connectivity index (χ1v) is 9.99. The first kappa shape index (κ1) is 16.8. The molecule has 1 aliphatic carbocycles. The second-order valence-electron chi connectivity index (χ2n) is 6.26. The molecule has 2 aromatic heterocycles. The standard InChI is InChI=1S/C19H19N3O3S/c1-24-19-18-16(7-9-22-19)17(8-10-21-18)25-12-13-3-2-4-15(11-13)26(20,23)14-5-6-14/h2-4,7-11,14,20H,5-6,12H2,1H3/t26-/m1/s1. The summed E-state index contributed by atoms with van der Waals surface area (Å²) in [4.78, 5) is 9.05. The van der Waals surface area contributed by atoms with E-state index < -0.39 is 9.73 Å². The van der Waals surface area contributed by atoms with Gasteiger partial charge in [-0.25, -0.2) is 14.0 Å². The summed E-state index contributed by atoms with van der Waals surface area (Å²) in [5.41, 5.74) is 1.53. The number of ether oxygens (including phenoxy) is 2. The lowest BCUT2D eigenvalue weighted by Gasteiger charge is -2.12. The fourth-order valence-electron chi connectivity index (χ4n) is 2.88. The van der Waals surface area contributed by atoms with Gasteiger partial charge in [-0.1, -0.05) is 12.1 Å². The molecule has 4 rings (SSSR count). The molecule has 26 heavy (non-hydrogen) atoms. The van der Waals surface area contributed by atoms with E-state index in [4.69, 9.17) is 14.3 Å². The van der Waals surface area contributed by atoms with Crippen molar-refractivity contribution in [3.05, 3.63) is 54.4 Å². The van der Waals surface area contributed by atoms with Gasteiger partial charge >= 0.3 is 0 Å². The van der Waals surface area contributed by atoms with Gasteiger partial charge in [-0.05, 0) is 42.7 Å². The summed E-state index contributed by atoms with van der Waals surface area (Å²) in [6.45, 7) is 0.317. The van der Waals surface area contributed by atoms with Gasteiger partial charge in [0.25, 0.3) is 0 Å². The van der Waals surface area contributed by atoms with Gasteiger partial charge in [0.05, 0.1) is 16.8 Å². The number of hydrogen-bond acceptors (Lipinski definition) is 6. The quantitative estimate of drug-likeness (QED) is 0.714. The van der Waals surface area contributed by atoms with Crippen LogP contribution in [0.5, 0.6) is 11.6 Å². The number of pyridine rings is 2. The van der Waals surface area contributed by atoms with Crippen LogP contribution in [-0.4, -0.2) is 26.5 Å². The number of aromatic nitrogens is 2. The topological polar surface area (TPSA) is 85.2 Å². The molecule has 0 radical (unpaired) electrons. The molecule has 0 unspecified atom stereocenters. The van der Waals surface area contributed by atoms with Gasteiger partial charge < -0.3 is 9.47 Å². The minimum atomic E-state index is -2.71. The van der Waals surface area contributed by atoms with E-state index >= 15 is 0 Å². The van der Waals surface area contributed by atoms with Crippen molar-refractivity contribution in [2.45, 2.75) is 29.6 Å². The molecule has 1 aromatic carbocycles. The van der Waals surface area contributed by atoms with Crippen LogP contribution in [0.1, 0.15) is 18.4 Å². The fourth-order valence-corrected chi connectivity index (χ4v) is 4.67. The molecule has 0 spiro atoms. The molecule has 2 heterocycles. The number of fused-ring (bicyclic) bond motifs is 1. The van der Waals surface area contributed by atoms with E-state index in [1.54, 1.807) is 31.6 Å². The molecule has 0 amide bonds. The molecule has 0 saturated heterocycles. The summed E-state index contributed by atoms with van der Waals surface area (Å²) in [6, 6.07) is 11.0. The highest BCUT2D eigenvalue weighted by atomic mass is 32.2. The summed E-state index contributed by atoms with van der Waals surface area (Å²) in [5, 5.41) is 0.820. The van der Waals surface area contributed by atoms with Crippen molar-refractivity contribution in [3.8, 4) is 11.6 Å². The molecule has 7 heteroatoms. The molecule has 0 aliphatic heterocycles. The van der Waals surface area contributed by atoms with Crippen LogP contribution in [-0.2, 0) is 16.3 Å². The Bertz CT molecular complexity index is 1060. The number of nitrogens with one attached hydrogen (secondary N) is 1. The van der Waals surface area contributed by atoms with E-state index in [1.165, 1.54) is 0 Å². The van der Waals surface area contributed by atoms with Crippen LogP contribution in [0.3, 0.4) is 0 Å². The zero-order chi connectivity index (χ0) is 18.1. The molecular formula is C19H19N3O3S. The Balaban J connectivity index is 1.59. The average Bonchev–Trinajstić information content (AvgIpc) is 3.52. The Labute approximate surface area is 152 Å². The van der Waals surface area contributed by atoms with Gasteiger partial charge in [0.1, 0.15) is 17.9 Å². The van der Waals surface area contributed by atoms with Crippen LogP contribution in [0.2, 0.25) is 0 Å². The summed E-state index contributed by atoms with van der Waals surface area (Å²) in [5.74, 6) is 1.13. The van der Waals surface area contributed by atoms with Crippen molar-refractivity contribution in [2.24, 2.45) is 0 Å². The molecule has 0 bridgehead atoms. The van der Waals surface area contributed by atoms with E-state index in [0.717, 1.165) is 23.8 Å². The van der Waals surface area contributed by atoms with E-state index in [1.807, 2.05) is 24.3 Å². The summed E-state index contributed by atoms with van der Waals surface area (Å²) < 4.78 is 32.0. The number of benzene rings is 1. The normalized spacial score (nSPS) is 16.2. The van der Waals surface area contributed by atoms with Crippen LogP contribution < -0.4 is 9.47 Å². The van der Waals surface area contributed by atoms with E-state index in [9.17, 15) is 4.21 Å². The SMILES string of the molecule is COc1nccc2c(OCc3cccc([S@](=N)(=O)C4CC4)c3)ccnc12. The fraction of sp³-hybridized carbons (Fsp3) is 0.263. The van der Waals surface area contributed by atoms with Gasteiger partial charge in [-0.15, -0.1) is 0 Å². The lowest BCUT2D eigenvalue weighted by atomic mass is 10.2. The highest BCUT2D eigenvalue weighted by Gasteiger charge is 2.33. The number of nitrogens with zero attached hydrogens (tertiary/aromatic N) is 2. The van der Waals surface area contributed by atoms with Crippen LogP contribution in [0.25, 0.3) is 10.9 Å². The summed E-state index contributed by atoms with van der Waals surface area (Å²) in [7, 11) is -1.15. The van der Waals surface area contributed by atoms with Crippen LogP contribution >= 0.6 is 0 Å². The van der Waals surface area contributed by atoms with Gasteiger partial charge in [-0.3, -0.25) is 4.98 Å². The maximum atomic E-state index is 12.6. The molecule has 6 nitrogen and oxygen atoms in total. The first-order valence-electron chi connectivity index (χ1n) is 8.36. The number of methoxy groups -OCH3 is 1. The van der Waals surface area contributed by atoms with E-state index in [-0.39, 0.29) is 5.25 Å². The Hall–Kier alpha value is -2.67. The molecule has 134 valence electrons. The van der Waals surface area contributed by atoms with Gasteiger partial charge in [0.2, 0.25) is 5.88 Å². The maximum absolute atomic E-state index is 12.6. The molecule has 1 fully saturated rings. The van der Waals surface area contributed by atoms with Gasteiger partial charge in [0.15, 0.2) is 0 Å². The lowest BCUT2D eigenvalue weighted by Crippen LogP contribution is -2.06. The zero-order valence-electron chi connectivity index (χ0n) is 14.3. The van der Waals surface area contributed by atoms with E-state index in [2.05, 4.69) is 9.97 Å². The Morgan fingerprint density at radius 1 is 1.19 bits per heavy atom. The van der Waals surface area contributed by atoms with Crippen molar-refractivity contribution in [2.75, 3.05) is 7.11 Å². The molecule has 1 saturated carbocycles. The second kappa shape index (κ2) is 6.57. The van der Waals surface area contributed by atoms with Crippen LogP contribution in [0.15, 0.2) is 53.7 Å². The maximum Gasteiger partial charge on any atom is 0.240 e. The molecular weight excluding hydrogens is 350 g/mol. The Morgan fingerprint density at radius 3 is 2.77 bits per heavy atom. The van der Waals surface area contributed by atoms with Crippen LogP contribution in [0, 0.1) is 4.78 Å². The van der Waals surface area contributed by atoms with Crippen molar-refractivity contribution >= 4 is 20.6 Å². The molecule has 1 N–H and O–H groups in total. The molecule has 1 aliphatic rings. The molecule has 3 aromatic rings. The van der Waals surface area contributed by atoms with Gasteiger partial charge in [-0.2, -0.15) is 0 Å². The Morgan fingerprint density at radius 2 is 2.00 bits per heavy atom. The summed E-state index contributed by atoms with van der Waals surface area (Å²) in [6.07, 6.45) is 5.06. The third-order valence-corrected chi connectivity index (χ3v) is 6.78. The van der Waals surface area contributed by atoms with Crippen molar-refractivity contribution < 1.29 is 13.7 Å². The third kappa shape index (κ3) is 3.10. The second-order valence-corrected chi connectivity index (χ2v) is 8.60. The number of hydrogen-bond donors (Lipinski definition) is 1. The predicted molar refractivity (Wildman–Crippen MR) is 99.0 cm³/mol. The van der Waals surface area contributed by atoms with Crippen LogP contribution in [0.4, 0.5) is 0 Å². The van der Waals surface area contributed by atoms with Crippen molar-refractivity contribution in [1.82, 2.24) is 9.97 Å². The monoisotopic (exact) mass is 369 g/mol. The zero-order valence-corrected chi connectivity index (χ0v) is 15.2. The smallest absolute Gasteiger partial charge is 0.240 e.